The average molecular weight is 434 g/mol. The Bertz CT molecular complexity index is 1010. The van der Waals surface area contributed by atoms with Gasteiger partial charge in [-0.3, -0.25) is 4.79 Å². The summed E-state index contributed by atoms with van der Waals surface area (Å²) >= 11 is 0. The zero-order valence-electron chi connectivity index (χ0n) is 17.1. The van der Waals surface area contributed by atoms with Gasteiger partial charge in [0.1, 0.15) is 5.76 Å². The van der Waals surface area contributed by atoms with Gasteiger partial charge >= 0.3 is 0 Å². The first-order valence-electron chi connectivity index (χ1n) is 10.4. The standard InChI is InChI=1S/C21H27N3O5S/c1-2-16-5-8-20(29-16)21(25)22-18-15-17(6-7-19(18)23-9-3-4-10-23)30(26,27)24-11-13-28-14-12-24/h5-8,15H,2-4,9-14H2,1H3,(H,22,25). The monoisotopic (exact) mass is 433 g/mol. The number of nitrogens with one attached hydrogen (secondary N) is 1. The third-order valence-electron chi connectivity index (χ3n) is 5.50. The molecule has 0 unspecified atom stereocenters. The van der Waals surface area contributed by atoms with Crippen molar-refractivity contribution < 1.29 is 22.4 Å². The number of benzene rings is 1. The number of nitrogens with zero attached hydrogens (tertiary/aromatic N) is 2. The predicted molar refractivity (Wildman–Crippen MR) is 114 cm³/mol. The van der Waals surface area contributed by atoms with Gasteiger partial charge in [0.15, 0.2) is 5.76 Å². The van der Waals surface area contributed by atoms with Crippen molar-refractivity contribution in [3.8, 4) is 0 Å². The minimum absolute atomic E-state index is 0.163. The normalized spacial score (nSPS) is 18.0. The lowest BCUT2D eigenvalue weighted by Crippen LogP contribution is -2.40. The van der Waals surface area contributed by atoms with Crippen LogP contribution in [0.1, 0.15) is 36.1 Å². The minimum atomic E-state index is -3.67. The molecule has 2 aliphatic rings. The van der Waals surface area contributed by atoms with Crippen LogP contribution in [-0.2, 0) is 21.2 Å². The van der Waals surface area contributed by atoms with Crippen LogP contribution in [0.25, 0.3) is 0 Å². The molecule has 0 spiro atoms. The number of amides is 1. The lowest BCUT2D eigenvalue weighted by atomic mass is 10.2. The van der Waals surface area contributed by atoms with E-state index in [-0.39, 0.29) is 10.7 Å². The summed E-state index contributed by atoms with van der Waals surface area (Å²) in [7, 11) is -3.67. The van der Waals surface area contributed by atoms with Crippen LogP contribution in [0.4, 0.5) is 11.4 Å². The first kappa shape index (κ1) is 20.9. The Hall–Kier alpha value is -2.36. The Kier molecular flexibility index (Phi) is 6.12. The van der Waals surface area contributed by atoms with Crippen LogP contribution in [-0.4, -0.2) is 58.0 Å². The van der Waals surface area contributed by atoms with E-state index in [1.54, 1.807) is 30.3 Å². The first-order chi connectivity index (χ1) is 14.5. The summed E-state index contributed by atoms with van der Waals surface area (Å²) in [6.45, 7) is 5.11. The Morgan fingerprint density at radius 1 is 1.07 bits per heavy atom. The van der Waals surface area contributed by atoms with Crippen molar-refractivity contribution in [3.63, 3.8) is 0 Å². The molecular formula is C21H27N3O5S. The van der Waals surface area contributed by atoms with E-state index in [0.29, 0.717) is 38.4 Å². The van der Waals surface area contributed by atoms with Gasteiger partial charge in [0.25, 0.3) is 5.91 Å². The number of carbonyl (C=O) groups is 1. The molecule has 4 rings (SSSR count). The number of morpholine rings is 1. The number of hydrogen-bond acceptors (Lipinski definition) is 6. The van der Waals surface area contributed by atoms with Crippen LogP contribution >= 0.6 is 0 Å². The minimum Gasteiger partial charge on any atom is -0.456 e. The SMILES string of the molecule is CCc1ccc(C(=O)Nc2cc(S(=O)(=O)N3CCOCC3)ccc2N2CCCC2)o1. The summed E-state index contributed by atoms with van der Waals surface area (Å²) in [6.07, 6.45) is 2.83. The van der Waals surface area contributed by atoms with Gasteiger partial charge in [-0.2, -0.15) is 4.31 Å². The fourth-order valence-corrected chi connectivity index (χ4v) is 5.25. The number of hydrogen-bond donors (Lipinski definition) is 1. The Morgan fingerprint density at radius 2 is 1.80 bits per heavy atom. The largest absolute Gasteiger partial charge is 0.456 e. The fourth-order valence-electron chi connectivity index (χ4n) is 3.82. The maximum absolute atomic E-state index is 13.1. The first-order valence-corrected chi connectivity index (χ1v) is 11.8. The lowest BCUT2D eigenvalue weighted by Gasteiger charge is -2.27. The van der Waals surface area contributed by atoms with Crippen LogP contribution in [0, 0.1) is 0 Å². The van der Waals surface area contributed by atoms with Crippen molar-refractivity contribution in [1.29, 1.82) is 0 Å². The summed E-state index contributed by atoms with van der Waals surface area (Å²) in [6, 6.07) is 8.37. The van der Waals surface area contributed by atoms with Crippen LogP contribution in [0.2, 0.25) is 0 Å². The number of rotatable bonds is 6. The van der Waals surface area contributed by atoms with Gasteiger partial charge < -0.3 is 19.4 Å². The van der Waals surface area contributed by atoms with Crippen LogP contribution in [0.15, 0.2) is 39.6 Å². The number of carbonyl (C=O) groups excluding carboxylic acids is 1. The predicted octanol–water partition coefficient (Wildman–Crippen LogP) is 2.72. The highest BCUT2D eigenvalue weighted by molar-refractivity contribution is 7.89. The molecule has 1 aromatic heterocycles. The molecule has 8 nitrogen and oxygen atoms in total. The molecule has 9 heteroatoms. The number of furan rings is 1. The third kappa shape index (κ3) is 4.23. The number of sulfonamides is 1. The van der Waals surface area contributed by atoms with Gasteiger partial charge in [0, 0.05) is 32.6 Å². The molecule has 3 heterocycles. The molecule has 0 radical (unpaired) electrons. The molecule has 1 aromatic carbocycles. The van der Waals surface area contributed by atoms with Crippen molar-refractivity contribution in [2.45, 2.75) is 31.1 Å². The molecule has 162 valence electrons. The Labute approximate surface area is 176 Å². The molecule has 0 bridgehead atoms. The van der Waals surface area contributed by atoms with E-state index in [9.17, 15) is 13.2 Å². The maximum atomic E-state index is 13.1. The van der Waals surface area contributed by atoms with Crippen molar-refractivity contribution in [2.75, 3.05) is 49.6 Å². The van der Waals surface area contributed by atoms with Crippen molar-refractivity contribution in [3.05, 3.63) is 41.9 Å². The summed E-state index contributed by atoms with van der Waals surface area (Å²) in [5.74, 6) is 0.542. The molecular weight excluding hydrogens is 406 g/mol. The summed E-state index contributed by atoms with van der Waals surface area (Å²) < 4.78 is 38.4. The second kappa shape index (κ2) is 8.79. The van der Waals surface area contributed by atoms with E-state index in [0.717, 1.165) is 37.4 Å². The summed E-state index contributed by atoms with van der Waals surface area (Å²) in [4.78, 5) is 15.1. The molecule has 2 saturated heterocycles. The molecule has 1 amide bonds. The van der Waals surface area contributed by atoms with Crippen molar-refractivity contribution in [1.82, 2.24) is 4.31 Å². The third-order valence-corrected chi connectivity index (χ3v) is 7.40. The average Bonchev–Trinajstić information content (AvgIpc) is 3.46. The van der Waals surface area contributed by atoms with E-state index in [1.807, 2.05) is 6.92 Å². The van der Waals surface area contributed by atoms with Crippen LogP contribution < -0.4 is 10.2 Å². The topological polar surface area (TPSA) is 92.1 Å². The molecule has 2 aromatic rings. The van der Waals surface area contributed by atoms with E-state index < -0.39 is 15.9 Å². The molecule has 1 N–H and O–H groups in total. The highest BCUT2D eigenvalue weighted by atomic mass is 32.2. The van der Waals surface area contributed by atoms with Crippen molar-refractivity contribution in [2.24, 2.45) is 0 Å². The smallest absolute Gasteiger partial charge is 0.291 e. The molecule has 0 saturated carbocycles. The molecule has 30 heavy (non-hydrogen) atoms. The lowest BCUT2D eigenvalue weighted by molar-refractivity contribution is 0.0730. The van der Waals surface area contributed by atoms with Gasteiger partial charge in [0.2, 0.25) is 10.0 Å². The quantitative estimate of drug-likeness (QED) is 0.753. The molecule has 0 aliphatic carbocycles. The van der Waals surface area contributed by atoms with E-state index in [2.05, 4.69) is 10.2 Å². The van der Waals surface area contributed by atoms with Gasteiger partial charge in [-0.25, -0.2) is 8.42 Å². The Balaban J connectivity index is 1.66. The summed E-state index contributed by atoms with van der Waals surface area (Å²) in [5.41, 5.74) is 1.30. The van der Waals surface area contributed by atoms with Gasteiger partial charge in [-0.1, -0.05) is 6.92 Å². The Morgan fingerprint density at radius 3 is 2.47 bits per heavy atom. The number of ether oxygens (including phenoxy) is 1. The fraction of sp³-hybridized carbons (Fsp3) is 0.476. The van der Waals surface area contributed by atoms with Gasteiger partial charge in [-0.15, -0.1) is 0 Å². The zero-order chi connectivity index (χ0) is 21.1. The second-order valence-corrected chi connectivity index (χ2v) is 9.40. The van der Waals surface area contributed by atoms with Gasteiger partial charge in [0.05, 0.1) is 29.5 Å². The highest BCUT2D eigenvalue weighted by Gasteiger charge is 2.28. The number of aryl methyl sites for hydroxylation is 1. The molecule has 0 atom stereocenters. The molecule has 2 fully saturated rings. The summed E-state index contributed by atoms with van der Waals surface area (Å²) in [5, 5.41) is 2.87. The van der Waals surface area contributed by atoms with E-state index in [4.69, 9.17) is 9.15 Å². The van der Waals surface area contributed by atoms with Gasteiger partial charge in [-0.05, 0) is 43.2 Å². The highest BCUT2D eigenvalue weighted by Crippen LogP contribution is 2.33. The maximum Gasteiger partial charge on any atom is 0.291 e. The van der Waals surface area contributed by atoms with Crippen molar-refractivity contribution >= 4 is 27.3 Å². The zero-order valence-corrected chi connectivity index (χ0v) is 17.9. The van der Waals surface area contributed by atoms with Crippen LogP contribution in [0.3, 0.4) is 0 Å². The van der Waals surface area contributed by atoms with Crippen LogP contribution in [0.5, 0.6) is 0 Å². The molecule has 2 aliphatic heterocycles. The van der Waals surface area contributed by atoms with E-state index >= 15 is 0 Å². The van der Waals surface area contributed by atoms with E-state index in [1.165, 1.54) is 4.31 Å². The second-order valence-electron chi connectivity index (χ2n) is 7.46. The number of anilines is 2.